The first-order valence-electron chi connectivity index (χ1n) is 10.3. The van der Waals surface area contributed by atoms with E-state index in [0.29, 0.717) is 49.0 Å². The number of carbonyl (C=O) groups excluding carboxylic acids is 3. The van der Waals surface area contributed by atoms with Gasteiger partial charge in [0.1, 0.15) is 12.4 Å². The van der Waals surface area contributed by atoms with Crippen molar-refractivity contribution in [2.75, 3.05) is 37.6 Å². The van der Waals surface area contributed by atoms with Gasteiger partial charge in [0.25, 0.3) is 11.8 Å². The maximum absolute atomic E-state index is 12.8. The molecular weight excluding hydrogens is 412 g/mol. The third-order valence-electron chi connectivity index (χ3n) is 5.66. The van der Waals surface area contributed by atoms with Crippen LogP contribution in [-0.4, -0.2) is 75.4 Å². The van der Waals surface area contributed by atoms with Gasteiger partial charge in [-0.1, -0.05) is 17.3 Å². The van der Waals surface area contributed by atoms with Crippen molar-refractivity contribution >= 4 is 23.5 Å². The van der Waals surface area contributed by atoms with Gasteiger partial charge in [0.2, 0.25) is 17.6 Å². The molecule has 10 nitrogen and oxygen atoms in total. The van der Waals surface area contributed by atoms with Crippen LogP contribution in [0.3, 0.4) is 0 Å². The third kappa shape index (κ3) is 3.49. The zero-order valence-corrected chi connectivity index (χ0v) is 17.4. The van der Waals surface area contributed by atoms with Gasteiger partial charge in [-0.25, -0.2) is 4.98 Å². The highest BCUT2D eigenvalue weighted by molar-refractivity contribution is 6.22. The van der Waals surface area contributed by atoms with E-state index in [9.17, 15) is 14.4 Å². The summed E-state index contributed by atoms with van der Waals surface area (Å²) in [7, 11) is 0. The zero-order chi connectivity index (χ0) is 22.2. The van der Waals surface area contributed by atoms with Crippen molar-refractivity contribution in [1.82, 2.24) is 24.9 Å². The van der Waals surface area contributed by atoms with Gasteiger partial charge in [0, 0.05) is 44.9 Å². The number of pyridine rings is 1. The largest absolute Gasteiger partial charge is 0.353 e. The molecule has 2 aliphatic rings. The molecule has 32 heavy (non-hydrogen) atoms. The number of rotatable bonds is 4. The lowest BCUT2D eigenvalue weighted by atomic mass is 10.1. The van der Waals surface area contributed by atoms with Gasteiger partial charge in [-0.3, -0.25) is 19.3 Å². The van der Waals surface area contributed by atoms with Crippen molar-refractivity contribution in [1.29, 1.82) is 0 Å². The Morgan fingerprint density at radius 3 is 2.25 bits per heavy atom. The van der Waals surface area contributed by atoms with E-state index < -0.39 is 11.8 Å². The van der Waals surface area contributed by atoms with Crippen LogP contribution in [-0.2, 0) is 4.79 Å². The zero-order valence-electron chi connectivity index (χ0n) is 17.4. The number of aromatic nitrogens is 3. The fourth-order valence-corrected chi connectivity index (χ4v) is 3.92. The number of aryl methyl sites for hydroxylation is 1. The highest BCUT2D eigenvalue weighted by atomic mass is 16.5. The van der Waals surface area contributed by atoms with Crippen LogP contribution in [0.5, 0.6) is 0 Å². The molecule has 3 amide bonds. The molecule has 4 heterocycles. The Labute approximate surface area is 183 Å². The minimum absolute atomic E-state index is 0.241. The Morgan fingerprint density at radius 2 is 1.69 bits per heavy atom. The molecule has 162 valence electrons. The van der Waals surface area contributed by atoms with Gasteiger partial charge in [-0.2, -0.15) is 4.98 Å². The summed E-state index contributed by atoms with van der Waals surface area (Å²) < 4.78 is 5.00. The molecule has 2 aromatic heterocycles. The number of nitrogens with zero attached hydrogens (tertiary/aromatic N) is 6. The molecule has 3 aromatic rings. The minimum atomic E-state index is -0.418. The van der Waals surface area contributed by atoms with Crippen molar-refractivity contribution < 1.29 is 18.9 Å². The molecule has 10 heteroatoms. The fourth-order valence-electron chi connectivity index (χ4n) is 3.92. The number of hydrogen-bond donors (Lipinski definition) is 0. The molecule has 0 bridgehead atoms. The van der Waals surface area contributed by atoms with E-state index in [2.05, 4.69) is 20.0 Å². The van der Waals surface area contributed by atoms with Crippen LogP contribution in [0.1, 0.15) is 26.6 Å². The summed E-state index contributed by atoms with van der Waals surface area (Å²) in [4.78, 5) is 51.2. The molecule has 0 N–H and O–H groups in total. The van der Waals surface area contributed by atoms with Crippen molar-refractivity contribution in [3.05, 3.63) is 59.6 Å². The Balaban J connectivity index is 1.18. The minimum Gasteiger partial charge on any atom is -0.353 e. The molecule has 1 aromatic carbocycles. The molecule has 0 aliphatic carbocycles. The summed E-state index contributed by atoms with van der Waals surface area (Å²) in [6, 6.07) is 10.4. The molecule has 1 fully saturated rings. The number of imide groups is 1. The summed E-state index contributed by atoms with van der Waals surface area (Å²) >= 11 is 0. The predicted molar refractivity (Wildman–Crippen MR) is 113 cm³/mol. The number of amides is 3. The number of anilines is 1. The smallest absolute Gasteiger partial charge is 0.262 e. The van der Waals surface area contributed by atoms with Crippen LogP contribution >= 0.6 is 0 Å². The number of carbonyl (C=O) groups is 3. The first-order chi connectivity index (χ1) is 15.5. The van der Waals surface area contributed by atoms with E-state index in [-0.39, 0.29) is 12.5 Å². The fraction of sp³-hybridized carbons (Fsp3) is 0.273. The number of piperazine rings is 1. The van der Waals surface area contributed by atoms with Gasteiger partial charge in [-0.15, -0.1) is 0 Å². The first kappa shape index (κ1) is 19.9. The molecule has 0 saturated carbocycles. The first-order valence-corrected chi connectivity index (χ1v) is 10.3. The second-order valence-electron chi connectivity index (χ2n) is 7.65. The van der Waals surface area contributed by atoms with Crippen LogP contribution in [0.4, 0.5) is 5.82 Å². The standard InChI is InChI=1S/C22H20N6O4/c1-14-24-20(25-32-14)15-6-7-18(23-12-15)26-8-10-27(11-9-26)19(29)13-28-21(30)16-4-2-3-5-17(16)22(28)31/h2-7,12H,8-11,13H2,1H3. The number of hydrogen-bond acceptors (Lipinski definition) is 8. The van der Waals surface area contributed by atoms with Crippen molar-refractivity contribution in [3.63, 3.8) is 0 Å². The summed E-state index contributed by atoms with van der Waals surface area (Å²) in [5.41, 5.74) is 1.46. The highest BCUT2D eigenvalue weighted by Gasteiger charge is 2.37. The second kappa shape index (κ2) is 7.88. The maximum Gasteiger partial charge on any atom is 0.262 e. The van der Waals surface area contributed by atoms with Crippen LogP contribution in [0, 0.1) is 6.92 Å². The van der Waals surface area contributed by atoms with E-state index in [1.165, 1.54) is 0 Å². The van der Waals surface area contributed by atoms with Gasteiger partial charge < -0.3 is 14.3 Å². The van der Waals surface area contributed by atoms with E-state index in [1.807, 2.05) is 12.1 Å². The quantitative estimate of drug-likeness (QED) is 0.569. The second-order valence-corrected chi connectivity index (χ2v) is 7.65. The predicted octanol–water partition coefficient (Wildman–Crippen LogP) is 1.38. The lowest BCUT2D eigenvalue weighted by Gasteiger charge is -2.36. The van der Waals surface area contributed by atoms with Crippen LogP contribution in [0.15, 0.2) is 47.1 Å². The average Bonchev–Trinajstić information content (AvgIpc) is 3.37. The third-order valence-corrected chi connectivity index (χ3v) is 5.66. The molecule has 2 aliphatic heterocycles. The van der Waals surface area contributed by atoms with Crippen molar-refractivity contribution in [3.8, 4) is 11.4 Å². The molecule has 0 spiro atoms. The Morgan fingerprint density at radius 1 is 1.00 bits per heavy atom. The molecule has 0 unspecified atom stereocenters. The lowest BCUT2D eigenvalue weighted by Crippen LogP contribution is -2.52. The summed E-state index contributed by atoms with van der Waals surface area (Å²) in [5, 5.41) is 3.89. The van der Waals surface area contributed by atoms with Gasteiger partial charge >= 0.3 is 0 Å². The molecular formula is C22H20N6O4. The van der Waals surface area contributed by atoms with Crippen LogP contribution < -0.4 is 4.90 Å². The summed E-state index contributed by atoms with van der Waals surface area (Å²) in [5.74, 6) is 0.699. The highest BCUT2D eigenvalue weighted by Crippen LogP contribution is 2.23. The number of fused-ring (bicyclic) bond motifs is 1. The number of benzene rings is 1. The Bertz CT molecular complexity index is 1160. The summed E-state index contributed by atoms with van der Waals surface area (Å²) in [6.45, 7) is 3.64. The SMILES string of the molecule is Cc1nc(-c2ccc(N3CCN(C(=O)CN4C(=O)c5ccccc5C4=O)CC3)nc2)no1. The molecule has 0 atom stereocenters. The van der Waals surface area contributed by atoms with Crippen molar-refractivity contribution in [2.24, 2.45) is 0 Å². The van der Waals surface area contributed by atoms with Crippen LogP contribution in [0.25, 0.3) is 11.4 Å². The van der Waals surface area contributed by atoms with Gasteiger partial charge in [-0.05, 0) is 24.3 Å². The van der Waals surface area contributed by atoms with Gasteiger partial charge in [0.05, 0.1) is 11.1 Å². The van der Waals surface area contributed by atoms with E-state index in [1.54, 1.807) is 42.3 Å². The van der Waals surface area contributed by atoms with E-state index in [0.717, 1.165) is 16.3 Å². The Kier molecular flexibility index (Phi) is 4.89. The van der Waals surface area contributed by atoms with E-state index in [4.69, 9.17) is 4.52 Å². The molecule has 1 saturated heterocycles. The van der Waals surface area contributed by atoms with E-state index >= 15 is 0 Å². The summed E-state index contributed by atoms with van der Waals surface area (Å²) in [6.07, 6.45) is 1.69. The van der Waals surface area contributed by atoms with Crippen LogP contribution in [0.2, 0.25) is 0 Å². The van der Waals surface area contributed by atoms with Gasteiger partial charge in [0.15, 0.2) is 0 Å². The topological polar surface area (TPSA) is 113 Å². The average molecular weight is 432 g/mol. The monoisotopic (exact) mass is 432 g/mol. The maximum atomic E-state index is 12.8. The Hall–Kier alpha value is -4.08. The lowest BCUT2D eigenvalue weighted by molar-refractivity contribution is -0.131. The van der Waals surface area contributed by atoms with Crippen molar-refractivity contribution in [2.45, 2.75) is 6.92 Å². The normalized spacial score (nSPS) is 16.0. The molecule has 5 rings (SSSR count). The molecule has 0 radical (unpaired) electrons.